The van der Waals surface area contributed by atoms with Crippen molar-refractivity contribution in [3.8, 4) is 0 Å². The molecule has 8 N–H and O–H groups in total. The zero-order valence-electron chi connectivity index (χ0n) is 48.0. The standard InChI is InChI=1S/C56H90N16O6/c1-39(57-9)51(75)59-49(55(3,4)5)53(77)69-33-23-29-43(69)35-67(37-45-61-63-65-71(45)41-25-17-15-18-26-41)47(73)31-21-13-11-12-14-22-32-48(74)68(38-46-62-64-66-72(46)42-27-19-16-20-28-42)36-44-30-24-34-70(44)54(78)50(56(6,7)8)60-52(76)40(2)58-10/h15-20,25-28,39-40,43-44,49-50,57-58,63-66H,11-14,21-24,29-38H2,1-10H3,(H,59,75)(H,60,76)/t39-,40-,43-,44+,49+,50+/m0/s1. The Hall–Kier alpha value is -6.36. The van der Waals surface area contributed by atoms with Crippen molar-refractivity contribution in [2.45, 2.75) is 169 Å². The molecular formula is C56H90N16O6. The summed E-state index contributed by atoms with van der Waals surface area (Å²) in [7, 11) is 3.42. The zero-order chi connectivity index (χ0) is 56.6. The third-order valence-electron chi connectivity index (χ3n) is 15.3. The summed E-state index contributed by atoms with van der Waals surface area (Å²) in [6, 6.07) is 16.5. The van der Waals surface area contributed by atoms with Crippen LogP contribution in [-0.2, 0) is 28.8 Å². The highest BCUT2D eigenvalue weighted by atomic mass is 16.2. The van der Waals surface area contributed by atoms with Gasteiger partial charge in [0.2, 0.25) is 35.4 Å². The van der Waals surface area contributed by atoms with Crippen LogP contribution >= 0.6 is 0 Å². The minimum absolute atomic E-state index is 0.0289. The fourth-order valence-electron chi connectivity index (χ4n) is 10.3. The highest BCUT2D eigenvalue weighted by Gasteiger charge is 2.43. The van der Waals surface area contributed by atoms with E-state index in [0.29, 0.717) is 63.5 Å². The zero-order valence-corrected chi connectivity index (χ0v) is 48.0. The van der Waals surface area contributed by atoms with E-state index in [-0.39, 0.29) is 60.6 Å². The quantitative estimate of drug-likeness (QED) is 0.0596. The van der Waals surface area contributed by atoms with Crippen molar-refractivity contribution in [1.29, 1.82) is 0 Å². The van der Waals surface area contributed by atoms with Crippen molar-refractivity contribution in [2.24, 2.45) is 21.0 Å². The summed E-state index contributed by atoms with van der Waals surface area (Å²) in [4.78, 5) is 91.0. The average Bonchev–Trinajstić information content (AvgIpc) is 4.34. The second kappa shape index (κ2) is 28.5. The monoisotopic (exact) mass is 1080 g/mol. The topological polar surface area (TPSA) is 243 Å². The van der Waals surface area contributed by atoms with Gasteiger partial charge in [-0.05, 0) is 102 Å². The number of hydrazine groups is 4. The van der Waals surface area contributed by atoms with Crippen LogP contribution in [0, 0.1) is 10.8 Å². The summed E-state index contributed by atoms with van der Waals surface area (Å²) in [5.41, 5.74) is 12.5. The number of amides is 6. The fraction of sp³-hybridized carbons (Fsp3) is 0.643. The first-order chi connectivity index (χ1) is 37.2. The van der Waals surface area contributed by atoms with Gasteiger partial charge in [-0.25, -0.2) is 21.1 Å². The number of amidine groups is 2. The van der Waals surface area contributed by atoms with Crippen molar-refractivity contribution in [3.63, 3.8) is 0 Å². The summed E-state index contributed by atoms with van der Waals surface area (Å²) >= 11 is 0. The number of carbonyl (C=O) groups excluding carboxylic acids is 6. The Morgan fingerprint density at radius 2 is 0.936 bits per heavy atom. The number of nitrogens with zero attached hydrogens (tertiary/aromatic N) is 8. The van der Waals surface area contributed by atoms with Crippen LogP contribution in [0.25, 0.3) is 0 Å². The number of carbonyl (C=O) groups is 6. The van der Waals surface area contributed by atoms with E-state index in [1.807, 2.05) is 132 Å². The van der Waals surface area contributed by atoms with Crippen LogP contribution in [0.15, 0.2) is 70.9 Å². The van der Waals surface area contributed by atoms with Gasteiger partial charge >= 0.3 is 0 Å². The molecule has 22 heteroatoms. The summed E-state index contributed by atoms with van der Waals surface area (Å²) in [6.45, 7) is 17.4. The van der Waals surface area contributed by atoms with Gasteiger partial charge in [-0.1, -0.05) is 104 Å². The van der Waals surface area contributed by atoms with Gasteiger partial charge in [0.05, 0.1) is 36.5 Å². The fourth-order valence-corrected chi connectivity index (χ4v) is 10.3. The molecule has 0 spiro atoms. The predicted molar refractivity (Wildman–Crippen MR) is 305 cm³/mol. The number of likely N-dealkylation sites (N-methyl/N-ethyl adjacent to an activating group) is 2. The van der Waals surface area contributed by atoms with Crippen molar-refractivity contribution >= 4 is 58.5 Å². The van der Waals surface area contributed by atoms with Crippen molar-refractivity contribution < 1.29 is 28.8 Å². The number of benzene rings is 2. The number of rotatable bonds is 27. The van der Waals surface area contributed by atoms with Crippen molar-refractivity contribution in [1.82, 2.24) is 63.0 Å². The number of hydrogen-bond donors (Lipinski definition) is 8. The molecule has 0 aliphatic carbocycles. The maximum atomic E-state index is 14.4. The van der Waals surface area contributed by atoms with E-state index < -0.39 is 35.0 Å². The molecule has 4 aliphatic rings. The minimum Gasteiger partial charge on any atom is -0.342 e. The molecule has 6 atom stereocenters. The first kappa shape index (κ1) is 60.9. The van der Waals surface area contributed by atoms with E-state index >= 15 is 0 Å². The Bertz CT molecular complexity index is 2210. The van der Waals surface area contributed by atoms with Gasteiger partial charge in [0, 0.05) is 51.1 Å². The summed E-state index contributed by atoms with van der Waals surface area (Å²) in [5.74, 6) is 0.374. The number of hydrogen-bond acceptors (Lipinski definition) is 16. The number of likely N-dealkylation sites (tertiary alicyclic amines) is 2. The molecule has 2 aromatic carbocycles. The molecule has 430 valence electrons. The maximum absolute atomic E-state index is 14.4. The van der Waals surface area contributed by atoms with Crippen LogP contribution in [0.2, 0.25) is 0 Å². The predicted octanol–water partition coefficient (Wildman–Crippen LogP) is 3.71. The molecule has 0 aromatic heterocycles. The Morgan fingerprint density at radius 1 is 0.577 bits per heavy atom. The van der Waals surface area contributed by atoms with Gasteiger partial charge in [0.25, 0.3) is 0 Å². The minimum atomic E-state index is -0.751. The lowest BCUT2D eigenvalue weighted by Crippen LogP contribution is -2.59. The highest BCUT2D eigenvalue weighted by molar-refractivity contribution is 6.02. The highest BCUT2D eigenvalue weighted by Crippen LogP contribution is 2.29. The smallest absolute Gasteiger partial charge is 0.246 e. The Labute approximate surface area is 462 Å². The lowest BCUT2D eigenvalue weighted by atomic mass is 9.85. The molecule has 0 radical (unpaired) electrons. The molecule has 2 fully saturated rings. The number of nitrogens with one attached hydrogen (secondary N) is 8. The van der Waals surface area contributed by atoms with Crippen molar-refractivity contribution in [2.75, 3.05) is 63.4 Å². The molecule has 4 heterocycles. The molecule has 2 aromatic rings. The van der Waals surface area contributed by atoms with Crippen LogP contribution in [0.5, 0.6) is 0 Å². The number of anilines is 2. The first-order valence-corrected chi connectivity index (χ1v) is 28.2. The molecule has 6 rings (SSSR count). The Balaban J connectivity index is 1.06. The summed E-state index contributed by atoms with van der Waals surface area (Å²) < 4.78 is 0. The van der Waals surface area contributed by atoms with Crippen LogP contribution in [-0.4, -0.2) is 156 Å². The summed E-state index contributed by atoms with van der Waals surface area (Å²) in [6.07, 6.45) is 8.46. The second-order valence-electron chi connectivity index (χ2n) is 23.3. The first-order valence-electron chi connectivity index (χ1n) is 28.2. The SMILES string of the molecule is CN[C@@H](C)C(=O)N[C@H](C(=O)N1CCC[C@@H]1CN(CC1=NNNN1c1ccccc1)C(=O)CCCCCCCCC(=O)N(CC1=NNNN1c1ccccc1)C[C@@H]1CCCN1C(=O)[C@@H](NC(=O)[C@H](C)NC)C(C)(C)C)C(C)(C)C. The molecule has 0 bridgehead atoms. The average molecular weight is 1080 g/mol. The number of hydrazone groups is 2. The van der Waals surface area contributed by atoms with Gasteiger partial charge < -0.3 is 40.9 Å². The van der Waals surface area contributed by atoms with Gasteiger partial charge in [-0.3, -0.25) is 28.8 Å². The number of para-hydroxylation sites is 2. The number of unbranched alkanes of at least 4 members (excludes halogenated alkanes) is 5. The van der Waals surface area contributed by atoms with Gasteiger partial charge in [0.15, 0.2) is 11.7 Å². The lowest BCUT2D eigenvalue weighted by molar-refractivity contribution is -0.142. The van der Waals surface area contributed by atoms with Gasteiger partial charge in [0.1, 0.15) is 12.1 Å². The maximum Gasteiger partial charge on any atom is 0.246 e. The van der Waals surface area contributed by atoms with E-state index in [1.54, 1.807) is 27.9 Å². The van der Waals surface area contributed by atoms with E-state index in [9.17, 15) is 28.8 Å². The Kier molecular flexibility index (Phi) is 22.2. The molecular weight excluding hydrogens is 993 g/mol. The molecule has 4 aliphatic heterocycles. The van der Waals surface area contributed by atoms with Crippen LogP contribution in [0.1, 0.15) is 132 Å². The molecule has 0 saturated carbocycles. The normalized spacial score (nSPS) is 19.1. The van der Waals surface area contributed by atoms with E-state index in [4.69, 9.17) is 0 Å². The van der Waals surface area contributed by atoms with Crippen LogP contribution < -0.4 is 53.4 Å². The molecule has 22 nitrogen and oxygen atoms in total. The van der Waals surface area contributed by atoms with Crippen molar-refractivity contribution in [3.05, 3.63) is 60.7 Å². The Morgan fingerprint density at radius 3 is 1.28 bits per heavy atom. The third-order valence-corrected chi connectivity index (χ3v) is 15.3. The molecule has 6 amide bonds. The molecule has 2 saturated heterocycles. The van der Waals surface area contributed by atoms with E-state index in [1.165, 1.54) is 0 Å². The van der Waals surface area contributed by atoms with E-state index in [2.05, 4.69) is 53.6 Å². The van der Waals surface area contributed by atoms with E-state index in [0.717, 1.165) is 62.7 Å². The molecule has 0 unspecified atom stereocenters. The largest absolute Gasteiger partial charge is 0.342 e. The van der Waals surface area contributed by atoms with Gasteiger partial charge in [-0.15, -0.1) is 21.3 Å². The second-order valence-corrected chi connectivity index (χ2v) is 23.3. The summed E-state index contributed by atoms with van der Waals surface area (Å²) in [5, 5.41) is 24.6. The van der Waals surface area contributed by atoms with Crippen LogP contribution in [0.3, 0.4) is 0 Å². The third kappa shape index (κ3) is 16.6. The molecule has 78 heavy (non-hydrogen) atoms. The van der Waals surface area contributed by atoms with Gasteiger partial charge in [-0.2, -0.15) is 0 Å². The lowest BCUT2D eigenvalue weighted by Gasteiger charge is -2.37. The van der Waals surface area contributed by atoms with Crippen LogP contribution in [0.4, 0.5) is 11.4 Å².